The number of nitrogens with one attached hydrogen (secondary N) is 1. The zero-order chi connectivity index (χ0) is 25.0. The second-order valence-corrected chi connectivity index (χ2v) is 9.87. The van der Waals surface area contributed by atoms with Gasteiger partial charge in [-0.1, -0.05) is 54.4 Å². The van der Waals surface area contributed by atoms with Crippen molar-refractivity contribution in [3.63, 3.8) is 0 Å². The van der Waals surface area contributed by atoms with E-state index in [2.05, 4.69) is 47.0 Å². The van der Waals surface area contributed by atoms with Crippen LogP contribution >= 0.6 is 11.3 Å². The normalized spacial score (nSPS) is 11.6. The summed E-state index contributed by atoms with van der Waals surface area (Å²) in [4.78, 5) is 7.77. The van der Waals surface area contributed by atoms with E-state index in [-0.39, 0.29) is 0 Å². The maximum Gasteiger partial charge on any atom is 0.175 e. The zero-order valence-corrected chi connectivity index (χ0v) is 23.2. The number of thiophene rings is 1. The van der Waals surface area contributed by atoms with Crippen LogP contribution in [0.5, 0.6) is 11.5 Å². The van der Waals surface area contributed by atoms with Crippen LogP contribution in [0.4, 0.5) is 0 Å². The number of rotatable bonds is 23. The minimum Gasteiger partial charge on any atom is -0.486 e. The highest BCUT2D eigenvalue weighted by atomic mass is 32.1. The molecule has 0 aliphatic rings. The van der Waals surface area contributed by atoms with Crippen LogP contribution < -0.4 is 15.0 Å². The lowest BCUT2D eigenvalue weighted by Crippen LogP contribution is -2.20. The van der Waals surface area contributed by atoms with Crippen molar-refractivity contribution in [3.05, 3.63) is 9.75 Å². The molecule has 0 aliphatic heterocycles. The molecule has 0 saturated carbocycles. The van der Waals surface area contributed by atoms with Gasteiger partial charge in [0.05, 0.1) is 49.4 Å². The van der Waals surface area contributed by atoms with Crippen molar-refractivity contribution < 1.29 is 28.5 Å². The predicted octanol–water partition coefficient (Wildman–Crippen LogP) is 5.92. The summed E-state index contributed by atoms with van der Waals surface area (Å²) in [5, 5.41) is 0. The van der Waals surface area contributed by atoms with Gasteiger partial charge < -0.3 is 23.7 Å². The van der Waals surface area contributed by atoms with Gasteiger partial charge in [-0.25, -0.2) is 5.48 Å². The first-order valence-corrected chi connectivity index (χ1v) is 13.8. The number of hydrogen-bond acceptors (Lipinski definition) is 8. The van der Waals surface area contributed by atoms with E-state index in [4.69, 9.17) is 28.5 Å². The standard InChI is InChI=1S/C26H49NO6S/c1-7-9-11-27-33-20-17-30-16-19-32-24-23(25(21(3)4)34-26(24)22(5)6)31-18-15-29-14-13-28-12-10-8-2/h21-22,27H,7-20H2,1-6H3. The van der Waals surface area contributed by atoms with Gasteiger partial charge in [0.2, 0.25) is 0 Å². The third kappa shape index (κ3) is 13.3. The molecule has 0 spiro atoms. The van der Waals surface area contributed by atoms with Crippen molar-refractivity contribution in [2.24, 2.45) is 0 Å². The lowest BCUT2D eigenvalue weighted by atomic mass is 10.1. The Morgan fingerprint density at radius 1 is 0.618 bits per heavy atom. The predicted molar refractivity (Wildman–Crippen MR) is 140 cm³/mol. The highest BCUT2D eigenvalue weighted by Crippen LogP contribution is 2.48. The molecule has 7 nitrogen and oxygen atoms in total. The number of hydroxylamine groups is 1. The Hall–Kier alpha value is -0.900. The lowest BCUT2D eigenvalue weighted by molar-refractivity contribution is -0.00982. The maximum atomic E-state index is 6.20. The Kier molecular flexibility index (Phi) is 18.6. The molecule has 1 heterocycles. The van der Waals surface area contributed by atoms with Gasteiger partial charge in [-0.05, 0) is 24.7 Å². The van der Waals surface area contributed by atoms with Crippen molar-refractivity contribution in [1.82, 2.24) is 5.48 Å². The molecule has 8 heteroatoms. The first kappa shape index (κ1) is 31.1. The van der Waals surface area contributed by atoms with Crippen LogP contribution in [0.25, 0.3) is 0 Å². The summed E-state index contributed by atoms with van der Waals surface area (Å²) >= 11 is 1.78. The van der Waals surface area contributed by atoms with Crippen LogP contribution in [0.1, 0.15) is 88.8 Å². The summed E-state index contributed by atoms with van der Waals surface area (Å²) in [6.45, 7) is 19.0. The fraction of sp³-hybridized carbons (Fsp3) is 0.846. The Morgan fingerprint density at radius 3 is 1.59 bits per heavy atom. The van der Waals surface area contributed by atoms with E-state index in [1.807, 2.05) is 0 Å². The van der Waals surface area contributed by atoms with E-state index >= 15 is 0 Å². The van der Waals surface area contributed by atoms with Gasteiger partial charge in [-0.15, -0.1) is 11.3 Å². The fourth-order valence-corrected chi connectivity index (χ4v) is 4.23. The molecule has 34 heavy (non-hydrogen) atoms. The molecule has 0 saturated heterocycles. The lowest BCUT2D eigenvalue weighted by Gasteiger charge is -2.14. The van der Waals surface area contributed by atoms with Gasteiger partial charge in [-0.3, -0.25) is 4.84 Å². The van der Waals surface area contributed by atoms with Gasteiger partial charge >= 0.3 is 0 Å². The first-order chi connectivity index (χ1) is 16.5. The summed E-state index contributed by atoms with van der Waals surface area (Å²) in [6, 6.07) is 0. The minimum atomic E-state index is 0.356. The van der Waals surface area contributed by atoms with Crippen LogP contribution in [-0.4, -0.2) is 66.0 Å². The molecule has 0 radical (unpaired) electrons. The summed E-state index contributed by atoms with van der Waals surface area (Å²) < 4.78 is 29.3. The molecule has 0 bridgehead atoms. The molecule has 200 valence electrons. The van der Waals surface area contributed by atoms with Gasteiger partial charge in [-0.2, -0.15) is 0 Å². The molecule has 0 fully saturated rings. The van der Waals surface area contributed by atoms with Crippen molar-refractivity contribution in [2.75, 3.05) is 66.0 Å². The number of hydrogen-bond donors (Lipinski definition) is 1. The molecule has 0 unspecified atom stereocenters. The monoisotopic (exact) mass is 503 g/mol. The summed E-state index contributed by atoms with van der Waals surface area (Å²) in [6.07, 6.45) is 4.50. The summed E-state index contributed by atoms with van der Waals surface area (Å²) in [5.41, 5.74) is 2.94. The molecule has 0 aliphatic carbocycles. The fourth-order valence-electron chi connectivity index (χ4n) is 3.04. The summed E-state index contributed by atoms with van der Waals surface area (Å²) in [5.74, 6) is 2.42. The van der Waals surface area contributed by atoms with Gasteiger partial charge in [0.25, 0.3) is 0 Å². The number of unbranched alkanes of at least 4 members (excludes halogenated alkanes) is 2. The van der Waals surface area contributed by atoms with Crippen LogP contribution in [0.2, 0.25) is 0 Å². The Balaban J connectivity index is 2.47. The average Bonchev–Trinajstić information content (AvgIpc) is 3.18. The SMILES string of the molecule is CCCCNOCCOCCOc1c(C(C)C)sc(C(C)C)c1OCCOCCOCCCC. The molecule has 1 N–H and O–H groups in total. The van der Waals surface area contributed by atoms with Crippen molar-refractivity contribution in [2.45, 2.75) is 79.1 Å². The number of ether oxygens (including phenoxy) is 5. The highest BCUT2D eigenvalue weighted by molar-refractivity contribution is 7.13. The Bertz CT molecular complexity index is 608. The Morgan fingerprint density at radius 2 is 1.09 bits per heavy atom. The average molecular weight is 504 g/mol. The van der Waals surface area contributed by atoms with Gasteiger partial charge in [0, 0.05) is 13.2 Å². The van der Waals surface area contributed by atoms with E-state index < -0.39 is 0 Å². The second-order valence-electron chi connectivity index (χ2n) is 8.78. The van der Waals surface area contributed by atoms with E-state index in [0.29, 0.717) is 64.7 Å². The summed E-state index contributed by atoms with van der Waals surface area (Å²) in [7, 11) is 0. The third-order valence-corrected chi connectivity index (χ3v) is 6.70. The zero-order valence-electron chi connectivity index (χ0n) is 22.4. The van der Waals surface area contributed by atoms with Crippen molar-refractivity contribution >= 4 is 11.3 Å². The smallest absolute Gasteiger partial charge is 0.175 e. The molecular weight excluding hydrogens is 454 g/mol. The minimum absolute atomic E-state index is 0.356. The van der Waals surface area contributed by atoms with Crippen molar-refractivity contribution in [3.8, 4) is 11.5 Å². The van der Waals surface area contributed by atoms with E-state index in [9.17, 15) is 0 Å². The molecule has 0 atom stereocenters. The van der Waals surface area contributed by atoms with Crippen LogP contribution in [-0.2, 0) is 19.0 Å². The van der Waals surface area contributed by atoms with Gasteiger partial charge in [0.1, 0.15) is 13.2 Å². The quantitative estimate of drug-likeness (QED) is 0.147. The van der Waals surface area contributed by atoms with E-state index in [1.165, 1.54) is 9.75 Å². The van der Waals surface area contributed by atoms with Crippen molar-refractivity contribution in [1.29, 1.82) is 0 Å². The molecular formula is C26H49NO6S. The molecule has 1 aromatic rings. The molecule has 1 aromatic heterocycles. The van der Waals surface area contributed by atoms with Crippen LogP contribution in [0.3, 0.4) is 0 Å². The van der Waals surface area contributed by atoms with Crippen LogP contribution in [0, 0.1) is 0 Å². The second kappa shape index (κ2) is 20.3. The molecule has 1 rings (SSSR count). The highest BCUT2D eigenvalue weighted by Gasteiger charge is 2.24. The molecule has 0 aromatic carbocycles. The van der Waals surface area contributed by atoms with Gasteiger partial charge in [0.15, 0.2) is 11.5 Å². The Labute approximate surface area is 211 Å². The van der Waals surface area contributed by atoms with E-state index in [1.54, 1.807) is 11.3 Å². The van der Waals surface area contributed by atoms with Crippen LogP contribution in [0.15, 0.2) is 0 Å². The maximum absolute atomic E-state index is 6.20. The van der Waals surface area contributed by atoms with E-state index in [0.717, 1.165) is 50.3 Å². The largest absolute Gasteiger partial charge is 0.486 e. The first-order valence-electron chi connectivity index (χ1n) is 13.0. The topological polar surface area (TPSA) is 67.4 Å². The molecule has 0 amide bonds. The third-order valence-electron chi connectivity index (χ3n) is 4.95.